The molecule has 0 aliphatic carbocycles. The fraction of sp³-hybridized carbons (Fsp3) is 0.474. The van der Waals surface area contributed by atoms with E-state index in [1.807, 2.05) is 36.7 Å². The fourth-order valence-electron chi connectivity index (χ4n) is 4.05. The molecule has 1 N–H and O–H groups in total. The number of anilines is 1. The van der Waals surface area contributed by atoms with Crippen LogP contribution in [0.4, 0.5) is 5.95 Å². The average molecular weight is 324 g/mol. The number of nitrogens with one attached hydrogen (secondary N) is 1. The van der Waals surface area contributed by atoms with Gasteiger partial charge in [-0.2, -0.15) is 0 Å². The van der Waals surface area contributed by atoms with Crippen LogP contribution in [0.5, 0.6) is 5.75 Å². The van der Waals surface area contributed by atoms with Crippen LogP contribution < -0.4 is 10.1 Å². The normalized spacial score (nSPS) is 28.6. The molecule has 126 valence electrons. The van der Waals surface area contributed by atoms with Gasteiger partial charge in [0, 0.05) is 30.0 Å². The Labute approximate surface area is 143 Å². The van der Waals surface area contributed by atoms with Crippen molar-refractivity contribution in [1.82, 2.24) is 14.9 Å². The molecule has 1 aromatic heterocycles. The minimum Gasteiger partial charge on any atom is -0.497 e. The second-order valence-corrected chi connectivity index (χ2v) is 6.81. The molecule has 2 bridgehead atoms. The molecule has 3 saturated heterocycles. The van der Waals surface area contributed by atoms with E-state index < -0.39 is 0 Å². The van der Waals surface area contributed by atoms with Gasteiger partial charge in [0.1, 0.15) is 5.75 Å². The fourth-order valence-corrected chi connectivity index (χ4v) is 4.05. The van der Waals surface area contributed by atoms with E-state index in [1.165, 1.54) is 25.9 Å². The first-order valence-corrected chi connectivity index (χ1v) is 8.71. The quantitative estimate of drug-likeness (QED) is 0.937. The van der Waals surface area contributed by atoms with Crippen LogP contribution in [-0.2, 0) is 0 Å². The lowest BCUT2D eigenvalue weighted by Gasteiger charge is -2.49. The third kappa shape index (κ3) is 2.84. The molecule has 0 radical (unpaired) electrons. The molecule has 0 amide bonds. The molecule has 3 aliphatic rings. The van der Waals surface area contributed by atoms with Crippen LogP contribution in [0.3, 0.4) is 0 Å². The summed E-state index contributed by atoms with van der Waals surface area (Å²) >= 11 is 0. The van der Waals surface area contributed by atoms with Crippen molar-refractivity contribution in [1.29, 1.82) is 0 Å². The van der Waals surface area contributed by atoms with E-state index in [0.29, 0.717) is 12.1 Å². The highest BCUT2D eigenvalue weighted by atomic mass is 16.5. The lowest BCUT2D eigenvalue weighted by Crippen LogP contribution is -2.59. The summed E-state index contributed by atoms with van der Waals surface area (Å²) < 4.78 is 5.28. The van der Waals surface area contributed by atoms with Crippen molar-refractivity contribution < 1.29 is 4.74 Å². The number of ether oxygens (including phenoxy) is 1. The third-order valence-electron chi connectivity index (χ3n) is 5.53. The lowest BCUT2D eigenvalue weighted by molar-refractivity contribution is 0.0455. The highest BCUT2D eigenvalue weighted by molar-refractivity contribution is 5.63. The summed E-state index contributed by atoms with van der Waals surface area (Å²) in [6.45, 7) is 4.78. The van der Waals surface area contributed by atoms with E-state index in [0.717, 1.165) is 28.7 Å². The summed E-state index contributed by atoms with van der Waals surface area (Å²) in [6, 6.07) is 8.98. The Morgan fingerprint density at radius 2 is 1.88 bits per heavy atom. The molecule has 5 nitrogen and oxygen atoms in total. The third-order valence-corrected chi connectivity index (χ3v) is 5.53. The standard InChI is InChI=1S/C19H24N4O/c1-13-18(14-6-8-23(13)9-7-14)22-19-20-11-16(12-21-19)15-4-3-5-17(10-15)24-2/h3-5,10-14,18H,6-9H2,1-2H3,(H,20,21,22)/t13-,18-/m1/s1. The largest absolute Gasteiger partial charge is 0.497 e. The van der Waals surface area contributed by atoms with E-state index >= 15 is 0 Å². The average Bonchev–Trinajstić information content (AvgIpc) is 2.65. The Hall–Kier alpha value is -2.14. The molecule has 0 spiro atoms. The Balaban J connectivity index is 1.50. The number of nitrogens with zero attached hydrogens (tertiary/aromatic N) is 3. The highest BCUT2D eigenvalue weighted by Crippen LogP contribution is 2.33. The molecule has 5 heteroatoms. The summed E-state index contributed by atoms with van der Waals surface area (Å²) in [4.78, 5) is 11.7. The molecule has 24 heavy (non-hydrogen) atoms. The van der Waals surface area contributed by atoms with Crippen LogP contribution >= 0.6 is 0 Å². The number of benzene rings is 1. The number of rotatable bonds is 4. The van der Waals surface area contributed by atoms with E-state index in [4.69, 9.17) is 4.74 Å². The van der Waals surface area contributed by atoms with Gasteiger partial charge in [-0.1, -0.05) is 12.1 Å². The van der Waals surface area contributed by atoms with E-state index in [2.05, 4.69) is 27.1 Å². The first-order chi connectivity index (χ1) is 11.7. The smallest absolute Gasteiger partial charge is 0.222 e. The zero-order chi connectivity index (χ0) is 16.5. The summed E-state index contributed by atoms with van der Waals surface area (Å²) in [7, 11) is 1.68. The molecule has 3 fully saturated rings. The van der Waals surface area contributed by atoms with Crippen LogP contribution in [0.2, 0.25) is 0 Å². The van der Waals surface area contributed by atoms with Gasteiger partial charge in [-0.15, -0.1) is 0 Å². The molecular weight excluding hydrogens is 300 g/mol. The number of fused-ring (bicyclic) bond motifs is 3. The zero-order valence-electron chi connectivity index (χ0n) is 14.3. The summed E-state index contributed by atoms with van der Waals surface area (Å²) in [5.41, 5.74) is 2.07. The van der Waals surface area contributed by atoms with Gasteiger partial charge in [0.05, 0.1) is 7.11 Å². The highest BCUT2D eigenvalue weighted by Gasteiger charge is 2.39. The van der Waals surface area contributed by atoms with Crippen molar-refractivity contribution in [3.8, 4) is 16.9 Å². The Bertz CT molecular complexity index is 693. The van der Waals surface area contributed by atoms with Gasteiger partial charge in [-0.25, -0.2) is 9.97 Å². The summed E-state index contributed by atoms with van der Waals surface area (Å²) in [5.74, 6) is 2.31. The minimum absolute atomic E-state index is 0.454. The maximum Gasteiger partial charge on any atom is 0.222 e. The zero-order valence-corrected chi connectivity index (χ0v) is 14.3. The van der Waals surface area contributed by atoms with Crippen LogP contribution in [0, 0.1) is 5.92 Å². The maximum atomic E-state index is 5.28. The summed E-state index contributed by atoms with van der Waals surface area (Å²) in [6.07, 6.45) is 6.33. The molecule has 2 aromatic rings. The predicted molar refractivity (Wildman–Crippen MR) is 95.2 cm³/mol. The molecule has 4 heterocycles. The van der Waals surface area contributed by atoms with Crippen molar-refractivity contribution in [3.63, 3.8) is 0 Å². The second-order valence-electron chi connectivity index (χ2n) is 6.81. The lowest BCUT2D eigenvalue weighted by atomic mass is 9.79. The monoisotopic (exact) mass is 324 g/mol. The molecular formula is C19H24N4O. The van der Waals surface area contributed by atoms with E-state index in [-0.39, 0.29) is 0 Å². The van der Waals surface area contributed by atoms with Gasteiger partial charge in [0.25, 0.3) is 0 Å². The second kappa shape index (κ2) is 6.40. The van der Waals surface area contributed by atoms with Gasteiger partial charge >= 0.3 is 0 Å². The first kappa shape index (κ1) is 15.4. The Morgan fingerprint density at radius 1 is 1.12 bits per heavy atom. The van der Waals surface area contributed by atoms with Gasteiger partial charge < -0.3 is 10.1 Å². The van der Waals surface area contributed by atoms with Crippen LogP contribution in [0.25, 0.3) is 11.1 Å². The molecule has 0 saturated carbocycles. The molecule has 1 aromatic carbocycles. The maximum absolute atomic E-state index is 5.28. The number of hydrogen-bond donors (Lipinski definition) is 1. The number of methoxy groups -OCH3 is 1. The van der Waals surface area contributed by atoms with E-state index in [9.17, 15) is 0 Å². The van der Waals surface area contributed by atoms with Crippen molar-refractivity contribution in [2.45, 2.75) is 31.8 Å². The number of piperidine rings is 3. The van der Waals surface area contributed by atoms with E-state index in [1.54, 1.807) is 7.11 Å². The van der Waals surface area contributed by atoms with Crippen molar-refractivity contribution in [3.05, 3.63) is 36.7 Å². The Kier molecular flexibility index (Phi) is 4.10. The predicted octanol–water partition coefficient (Wildman–Crippen LogP) is 3.05. The molecule has 3 aliphatic heterocycles. The topological polar surface area (TPSA) is 50.3 Å². The first-order valence-electron chi connectivity index (χ1n) is 8.71. The van der Waals surface area contributed by atoms with Crippen molar-refractivity contribution in [2.24, 2.45) is 5.92 Å². The minimum atomic E-state index is 0.454. The van der Waals surface area contributed by atoms with Crippen molar-refractivity contribution in [2.75, 3.05) is 25.5 Å². The van der Waals surface area contributed by atoms with Crippen LogP contribution in [-0.4, -0.2) is 47.2 Å². The van der Waals surface area contributed by atoms with Crippen LogP contribution in [0.1, 0.15) is 19.8 Å². The van der Waals surface area contributed by atoms with Gasteiger partial charge in [0.2, 0.25) is 5.95 Å². The van der Waals surface area contributed by atoms with Crippen molar-refractivity contribution >= 4 is 5.95 Å². The molecule has 0 unspecified atom stereocenters. The Morgan fingerprint density at radius 3 is 2.54 bits per heavy atom. The molecule has 5 rings (SSSR count). The number of aromatic nitrogens is 2. The van der Waals surface area contributed by atoms with Crippen LogP contribution in [0.15, 0.2) is 36.7 Å². The summed E-state index contributed by atoms with van der Waals surface area (Å²) in [5, 5.41) is 3.57. The van der Waals surface area contributed by atoms with Gasteiger partial charge in [0.15, 0.2) is 0 Å². The SMILES string of the molecule is COc1cccc(-c2cnc(N[C@H]3C4CCN(CC4)[C@@H]3C)nc2)c1. The van der Waals surface area contributed by atoms with Gasteiger partial charge in [-0.05, 0) is 56.5 Å². The van der Waals surface area contributed by atoms with Gasteiger partial charge in [-0.3, -0.25) is 4.90 Å². The number of hydrogen-bond acceptors (Lipinski definition) is 5. The molecule has 2 atom stereocenters.